The Labute approximate surface area is 127 Å². The fourth-order valence-electron chi connectivity index (χ4n) is 2.44. The van der Waals surface area contributed by atoms with E-state index in [4.69, 9.17) is 10.5 Å². The number of aromatic nitrogens is 3. The normalized spacial score (nSPS) is 10.8. The average molecular weight is 296 g/mol. The molecule has 0 atom stereocenters. The Bertz CT molecular complexity index is 855. The van der Waals surface area contributed by atoms with Crippen LogP contribution in [0.3, 0.4) is 0 Å². The molecule has 0 aliphatic carbocycles. The van der Waals surface area contributed by atoms with Crippen molar-refractivity contribution in [3.63, 3.8) is 0 Å². The third-order valence-corrected chi connectivity index (χ3v) is 3.54. The van der Waals surface area contributed by atoms with Crippen LogP contribution in [0.15, 0.2) is 30.3 Å². The zero-order chi connectivity index (χ0) is 15.7. The van der Waals surface area contributed by atoms with Crippen LogP contribution in [0.4, 0.5) is 5.95 Å². The van der Waals surface area contributed by atoms with Crippen LogP contribution in [-0.2, 0) is 6.54 Å². The molecule has 0 spiro atoms. The number of pyridine rings is 1. The van der Waals surface area contributed by atoms with Crippen LogP contribution in [-0.4, -0.2) is 27.9 Å². The number of aryl methyl sites for hydroxylation is 1. The summed E-state index contributed by atoms with van der Waals surface area (Å²) in [6.07, 6.45) is 0.804. The number of nitrogens with two attached hydrogens (primary N) is 1. The highest BCUT2D eigenvalue weighted by Gasteiger charge is 2.13. The smallest absolute Gasteiger partial charge is 0.201 e. The zero-order valence-electron chi connectivity index (χ0n) is 12.4. The van der Waals surface area contributed by atoms with Gasteiger partial charge in [0.2, 0.25) is 5.95 Å². The van der Waals surface area contributed by atoms with Crippen molar-refractivity contribution in [3.8, 4) is 5.75 Å². The van der Waals surface area contributed by atoms with Gasteiger partial charge in [0.15, 0.2) is 0 Å². The summed E-state index contributed by atoms with van der Waals surface area (Å²) >= 11 is 0. The summed E-state index contributed by atoms with van der Waals surface area (Å²) in [4.78, 5) is 19.8. The van der Waals surface area contributed by atoms with Gasteiger partial charge >= 0.3 is 0 Å². The van der Waals surface area contributed by atoms with Gasteiger partial charge in [0.25, 0.3) is 0 Å². The number of fused-ring (bicyclic) bond motifs is 1. The second kappa shape index (κ2) is 5.48. The van der Waals surface area contributed by atoms with Crippen LogP contribution >= 0.6 is 0 Å². The zero-order valence-corrected chi connectivity index (χ0v) is 12.4. The van der Waals surface area contributed by atoms with Crippen molar-refractivity contribution < 1.29 is 9.53 Å². The maximum absolute atomic E-state index is 11.0. The highest BCUT2D eigenvalue weighted by Crippen LogP contribution is 2.23. The number of benzene rings is 1. The van der Waals surface area contributed by atoms with Gasteiger partial charge in [-0.15, -0.1) is 0 Å². The lowest BCUT2D eigenvalue weighted by atomic mass is 10.2. The Hall–Kier alpha value is -2.89. The van der Waals surface area contributed by atoms with Crippen LogP contribution < -0.4 is 10.5 Å². The van der Waals surface area contributed by atoms with Crippen molar-refractivity contribution in [1.82, 2.24) is 14.5 Å². The van der Waals surface area contributed by atoms with Gasteiger partial charge < -0.3 is 15.0 Å². The van der Waals surface area contributed by atoms with Gasteiger partial charge in [-0.3, -0.25) is 9.78 Å². The maximum Gasteiger partial charge on any atom is 0.201 e. The standard InChI is InChI=1S/C16H16N4O2/c1-10-3-6-15(22-2)13(18-10)8-20-14-7-11(9-21)4-5-12(14)19-16(20)17/h3-7,9H,8H2,1-2H3,(H2,17,19). The molecule has 0 bridgehead atoms. The van der Waals surface area contributed by atoms with Gasteiger partial charge in [-0.25, -0.2) is 4.98 Å². The number of carbonyl (C=O) groups is 1. The molecule has 0 aliphatic heterocycles. The fourth-order valence-corrected chi connectivity index (χ4v) is 2.44. The predicted octanol–water partition coefficient (Wildman–Crippen LogP) is 2.19. The van der Waals surface area contributed by atoms with E-state index in [0.717, 1.165) is 28.7 Å². The molecule has 6 heteroatoms. The number of anilines is 1. The first-order valence-corrected chi connectivity index (χ1v) is 6.84. The van der Waals surface area contributed by atoms with E-state index in [1.807, 2.05) is 23.6 Å². The summed E-state index contributed by atoms with van der Waals surface area (Å²) < 4.78 is 7.18. The molecule has 2 aromatic heterocycles. The fraction of sp³-hybridized carbons (Fsp3) is 0.188. The van der Waals surface area contributed by atoms with Crippen molar-refractivity contribution in [2.75, 3.05) is 12.8 Å². The van der Waals surface area contributed by atoms with Gasteiger partial charge in [0, 0.05) is 11.3 Å². The van der Waals surface area contributed by atoms with E-state index in [9.17, 15) is 4.79 Å². The minimum Gasteiger partial charge on any atom is -0.495 e. The Morgan fingerprint density at radius 3 is 2.82 bits per heavy atom. The molecule has 3 aromatic rings. The molecule has 0 unspecified atom stereocenters. The van der Waals surface area contributed by atoms with Crippen molar-refractivity contribution in [2.45, 2.75) is 13.5 Å². The van der Waals surface area contributed by atoms with Gasteiger partial charge in [-0.2, -0.15) is 0 Å². The van der Waals surface area contributed by atoms with E-state index in [2.05, 4.69) is 9.97 Å². The van der Waals surface area contributed by atoms with Crippen molar-refractivity contribution in [3.05, 3.63) is 47.3 Å². The number of nitrogens with zero attached hydrogens (tertiary/aromatic N) is 3. The van der Waals surface area contributed by atoms with Crippen molar-refractivity contribution in [2.24, 2.45) is 0 Å². The predicted molar refractivity (Wildman–Crippen MR) is 84.2 cm³/mol. The quantitative estimate of drug-likeness (QED) is 0.746. The molecule has 0 radical (unpaired) electrons. The first kappa shape index (κ1) is 14.1. The van der Waals surface area contributed by atoms with Crippen LogP contribution in [0.25, 0.3) is 11.0 Å². The molecule has 0 fully saturated rings. The van der Waals surface area contributed by atoms with Gasteiger partial charge in [-0.1, -0.05) is 0 Å². The number of aldehydes is 1. The lowest BCUT2D eigenvalue weighted by Crippen LogP contribution is -2.08. The molecule has 0 saturated carbocycles. The number of ether oxygens (including phenoxy) is 1. The molecule has 0 amide bonds. The summed E-state index contributed by atoms with van der Waals surface area (Å²) in [5.74, 6) is 1.07. The van der Waals surface area contributed by atoms with Crippen molar-refractivity contribution in [1.29, 1.82) is 0 Å². The number of hydrogen-bond acceptors (Lipinski definition) is 5. The maximum atomic E-state index is 11.0. The third kappa shape index (κ3) is 2.39. The van der Waals surface area contributed by atoms with E-state index in [1.165, 1.54) is 0 Å². The first-order valence-electron chi connectivity index (χ1n) is 6.84. The minimum atomic E-state index is 0.378. The second-order valence-electron chi connectivity index (χ2n) is 5.02. The molecule has 112 valence electrons. The van der Waals surface area contributed by atoms with Gasteiger partial charge in [0.1, 0.15) is 17.7 Å². The molecule has 3 rings (SSSR count). The van der Waals surface area contributed by atoms with E-state index in [-0.39, 0.29) is 0 Å². The number of rotatable bonds is 4. The molecule has 1 aromatic carbocycles. The number of carbonyl (C=O) groups excluding carboxylic acids is 1. The Balaban J connectivity index is 2.12. The van der Waals surface area contributed by atoms with E-state index in [0.29, 0.717) is 23.8 Å². The molecule has 22 heavy (non-hydrogen) atoms. The molecule has 0 aliphatic rings. The van der Waals surface area contributed by atoms with Gasteiger partial charge in [-0.05, 0) is 37.3 Å². The minimum absolute atomic E-state index is 0.378. The average Bonchev–Trinajstić information content (AvgIpc) is 2.83. The van der Waals surface area contributed by atoms with E-state index < -0.39 is 0 Å². The van der Waals surface area contributed by atoms with Crippen molar-refractivity contribution >= 4 is 23.3 Å². The molecular weight excluding hydrogens is 280 g/mol. The first-order chi connectivity index (χ1) is 10.6. The number of nitrogen functional groups attached to an aromatic ring is 1. The molecule has 2 N–H and O–H groups in total. The molecule has 6 nitrogen and oxygen atoms in total. The number of hydrogen-bond donors (Lipinski definition) is 1. The number of imidazole rings is 1. The van der Waals surface area contributed by atoms with Crippen LogP contribution in [0, 0.1) is 6.92 Å². The van der Waals surface area contributed by atoms with Crippen LogP contribution in [0.2, 0.25) is 0 Å². The van der Waals surface area contributed by atoms with Crippen LogP contribution in [0.5, 0.6) is 5.75 Å². The Kier molecular flexibility index (Phi) is 3.50. The second-order valence-corrected chi connectivity index (χ2v) is 5.02. The molecule has 2 heterocycles. The SMILES string of the molecule is COc1ccc(C)nc1Cn1c(N)nc2ccc(C=O)cc21. The monoisotopic (exact) mass is 296 g/mol. The topological polar surface area (TPSA) is 83.0 Å². The van der Waals surface area contributed by atoms with Crippen LogP contribution in [0.1, 0.15) is 21.7 Å². The summed E-state index contributed by atoms with van der Waals surface area (Å²) in [6, 6.07) is 9.05. The molecular formula is C16H16N4O2. The van der Waals surface area contributed by atoms with E-state index in [1.54, 1.807) is 25.3 Å². The Morgan fingerprint density at radius 1 is 1.27 bits per heavy atom. The lowest BCUT2D eigenvalue weighted by Gasteiger charge is -2.11. The summed E-state index contributed by atoms with van der Waals surface area (Å²) in [5.41, 5.74) is 9.81. The van der Waals surface area contributed by atoms with E-state index >= 15 is 0 Å². The summed E-state index contributed by atoms with van der Waals surface area (Å²) in [6.45, 7) is 2.35. The summed E-state index contributed by atoms with van der Waals surface area (Å²) in [5, 5.41) is 0. The Morgan fingerprint density at radius 2 is 2.09 bits per heavy atom. The summed E-state index contributed by atoms with van der Waals surface area (Å²) in [7, 11) is 1.61. The highest BCUT2D eigenvalue weighted by molar-refractivity contribution is 5.86. The third-order valence-electron chi connectivity index (χ3n) is 3.54. The molecule has 0 saturated heterocycles. The lowest BCUT2D eigenvalue weighted by molar-refractivity contribution is 0.112. The largest absolute Gasteiger partial charge is 0.495 e. The number of methoxy groups -OCH3 is 1. The van der Waals surface area contributed by atoms with Gasteiger partial charge in [0.05, 0.1) is 24.7 Å². The highest BCUT2D eigenvalue weighted by atomic mass is 16.5.